The molecule has 0 amide bonds. The van der Waals surface area contributed by atoms with E-state index in [0.29, 0.717) is 18.9 Å². The molecule has 0 bridgehead atoms. The number of carboxylic acid groups (broad SMARTS) is 2. The Kier molecular flexibility index (Phi) is 5.83. The van der Waals surface area contributed by atoms with Gasteiger partial charge in [-0.2, -0.15) is 0 Å². The topological polar surface area (TPSA) is 121 Å². The SMILES string of the molecule is Cc1cc(NN2C=NCC2)c(C)c2c1OCO2.O=C(O)C=CC(=O)O. The van der Waals surface area contributed by atoms with Gasteiger partial charge in [0.25, 0.3) is 0 Å². The molecule has 0 spiro atoms. The van der Waals surface area contributed by atoms with Gasteiger partial charge in [0.2, 0.25) is 6.79 Å². The Morgan fingerprint density at radius 2 is 1.84 bits per heavy atom. The Bertz CT molecular complexity index is 713. The number of carbonyl (C=O) groups is 2. The van der Waals surface area contributed by atoms with Crippen molar-refractivity contribution in [2.75, 3.05) is 25.3 Å². The summed E-state index contributed by atoms with van der Waals surface area (Å²) in [5.41, 5.74) is 6.53. The van der Waals surface area contributed by atoms with E-state index in [-0.39, 0.29) is 0 Å². The summed E-state index contributed by atoms with van der Waals surface area (Å²) in [6.07, 6.45) is 2.93. The number of fused-ring (bicyclic) bond motifs is 1. The number of ether oxygens (including phenoxy) is 2. The maximum atomic E-state index is 9.55. The van der Waals surface area contributed by atoms with Crippen LogP contribution in [0.1, 0.15) is 11.1 Å². The molecule has 0 unspecified atom stereocenters. The van der Waals surface area contributed by atoms with E-state index in [1.165, 1.54) is 0 Å². The van der Waals surface area contributed by atoms with Crippen molar-refractivity contribution in [3.05, 3.63) is 29.3 Å². The molecule has 0 saturated heterocycles. The predicted octanol–water partition coefficient (Wildman–Crippen LogP) is 1.41. The molecule has 0 saturated carbocycles. The number of benzene rings is 1. The Morgan fingerprint density at radius 3 is 2.40 bits per heavy atom. The van der Waals surface area contributed by atoms with E-state index in [1.807, 2.05) is 25.2 Å². The van der Waals surface area contributed by atoms with Crippen LogP contribution in [0.5, 0.6) is 11.5 Å². The first kappa shape index (κ1) is 18.1. The molecule has 9 heteroatoms. The number of aliphatic imine (C=N–C) groups is 1. The molecule has 3 rings (SSSR count). The van der Waals surface area contributed by atoms with Gasteiger partial charge in [0.05, 0.1) is 18.8 Å². The van der Waals surface area contributed by atoms with Crippen LogP contribution >= 0.6 is 0 Å². The number of nitrogens with one attached hydrogen (secondary N) is 1. The summed E-state index contributed by atoms with van der Waals surface area (Å²) >= 11 is 0. The molecule has 2 heterocycles. The predicted molar refractivity (Wildman–Crippen MR) is 90.1 cm³/mol. The van der Waals surface area contributed by atoms with Crippen molar-refractivity contribution < 1.29 is 29.3 Å². The third-order valence-electron chi connectivity index (χ3n) is 3.40. The minimum Gasteiger partial charge on any atom is -0.478 e. The van der Waals surface area contributed by atoms with Crippen molar-refractivity contribution in [2.45, 2.75) is 13.8 Å². The first-order valence-corrected chi connectivity index (χ1v) is 7.45. The summed E-state index contributed by atoms with van der Waals surface area (Å²) in [4.78, 5) is 23.3. The highest BCUT2D eigenvalue weighted by Crippen LogP contribution is 2.42. The van der Waals surface area contributed by atoms with Crippen LogP contribution in [0.25, 0.3) is 0 Å². The molecular formula is C16H19N3O6. The van der Waals surface area contributed by atoms with Gasteiger partial charge in [-0.15, -0.1) is 0 Å². The fraction of sp³-hybridized carbons (Fsp3) is 0.312. The maximum absolute atomic E-state index is 9.55. The first-order chi connectivity index (χ1) is 11.9. The molecule has 2 aliphatic heterocycles. The fourth-order valence-corrected chi connectivity index (χ4v) is 2.24. The number of aryl methyl sites for hydroxylation is 1. The molecule has 25 heavy (non-hydrogen) atoms. The number of anilines is 1. The second kappa shape index (κ2) is 8.04. The average molecular weight is 349 g/mol. The minimum atomic E-state index is -1.26. The number of hydrazine groups is 1. The average Bonchev–Trinajstić information content (AvgIpc) is 3.22. The van der Waals surface area contributed by atoms with Crippen molar-refractivity contribution in [3.63, 3.8) is 0 Å². The van der Waals surface area contributed by atoms with Crippen LogP contribution in [0.15, 0.2) is 23.2 Å². The molecule has 1 aromatic rings. The molecule has 3 N–H and O–H groups in total. The summed E-state index contributed by atoms with van der Waals surface area (Å²) in [5.74, 6) is -0.799. The van der Waals surface area contributed by atoms with Crippen molar-refractivity contribution in [1.82, 2.24) is 5.01 Å². The van der Waals surface area contributed by atoms with Gasteiger partial charge in [-0.3, -0.25) is 15.4 Å². The van der Waals surface area contributed by atoms with Crippen LogP contribution in [-0.2, 0) is 9.59 Å². The van der Waals surface area contributed by atoms with Gasteiger partial charge in [0, 0.05) is 17.7 Å². The smallest absolute Gasteiger partial charge is 0.328 e. The summed E-state index contributed by atoms with van der Waals surface area (Å²) in [5, 5.41) is 17.6. The van der Waals surface area contributed by atoms with Crippen LogP contribution in [0, 0.1) is 13.8 Å². The quantitative estimate of drug-likeness (QED) is 0.698. The second-order valence-electron chi connectivity index (χ2n) is 5.27. The molecule has 1 aromatic carbocycles. The molecular weight excluding hydrogens is 330 g/mol. The van der Waals surface area contributed by atoms with Crippen molar-refractivity contribution in [2.24, 2.45) is 4.99 Å². The zero-order chi connectivity index (χ0) is 18.4. The Hall–Kier alpha value is -3.23. The highest BCUT2D eigenvalue weighted by molar-refractivity contribution is 5.89. The standard InChI is InChI=1S/C12H15N3O2.C4H4O4/c1-8-5-10(14-15-4-3-13-6-15)9(2)12-11(8)16-7-17-12;5-3(6)1-2-4(7)8/h5-6,14H,3-4,7H2,1-2H3;1-2H,(H,5,6)(H,7,8). The molecule has 0 atom stereocenters. The van der Waals surface area contributed by atoms with E-state index < -0.39 is 11.9 Å². The van der Waals surface area contributed by atoms with Gasteiger partial charge in [-0.25, -0.2) is 9.59 Å². The van der Waals surface area contributed by atoms with Gasteiger partial charge in [0.15, 0.2) is 11.5 Å². The number of aliphatic carboxylic acids is 2. The number of carboxylic acids is 2. The molecule has 9 nitrogen and oxygen atoms in total. The van der Waals surface area contributed by atoms with Crippen LogP contribution in [0.3, 0.4) is 0 Å². The molecule has 134 valence electrons. The van der Waals surface area contributed by atoms with Crippen LogP contribution in [0.2, 0.25) is 0 Å². The van der Waals surface area contributed by atoms with E-state index in [4.69, 9.17) is 19.7 Å². The number of hydrogen-bond donors (Lipinski definition) is 3. The monoisotopic (exact) mass is 349 g/mol. The highest BCUT2D eigenvalue weighted by Gasteiger charge is 2.22. The Labute approximate surface area is 144 Å². The van der Waals surface area contributed by atoms with E-state index in [0.717, 1.165) is 41.4 Å². The summed E-state index contributed by atoms with van der Waals surface area (Å²) in [6.45, 7) is 6.10. The summed E-state index contributed by atoms with van der Waals surface area (Å²) < 4.78 is 10.9. The van der Waals surface area contributed by atoms with Crippen LogP contribution in [-0.4, -0.2) is 53.4 Å². The molecule has 0 aromatic heterocycles. The first-order valence-electron chi connectivity index (χ1n) is 7.45. The van der Waals surface area contributed by atoms with E-state index in [9.17, 15) is 9.59 Å². The van der Waals surface area contributed by atoms with Crippen LogP contribution in [0.4, 0.5) is 5.69 Å². The lowest BCUT2D eigenvalue weighted by molar-refractivity contribution is -0.134. The largest absolute Gasteiger partial charge is 0.478 e. The Morgan fingerprint density at radius 1 is 1.20 bits per heavy atom. The summed E-state index contributed by atoms with van der Waals surface area (Å²) in [6, 6.07) is 2.08. The van der Waals surface area contributed by atoms with Crippen molar-refractivity contribution in [3.8, 4) is 11.5 Å². The van der Waals surface area contributed by atoms with Gasteiger partial charge < -0.3 is 19.7 Å². The third-order valence-corrected chi connectivity index (χ3v) is 3.40. The number of rotatable bonds is 4. The van der Waals surface area contributed by atoms with E-state index >= 15 is 0 Å². The van der Waals surface area contributed by atoms with Crippen molar-refractivity contribution >= 4 is 24.0 Å². The van der Waals surface area contributed by atoms with Gasteiger partial charge in [0.1, 0.15) is 6.34 Å². The fourth-order valence-electron chi connectivity index (χ4n) is 2.24. The molecule has 0 radical (unpaired) electrons. The Balaban J connectivity index is 0.000000242. The van der Waals surface area contributed by atoms with Crippen LogP contribution < -0.4 is 14.9 Å². The minimum absolute atomic E-state index is 0.311. The molecule has 2 aliphatic rings. The van der Waals surface area contributed by atoms with Crippen molar-refractivity contribution in [1.29, 1.82) is 0 Å². The summed E-state index contributed by atoms with van der Waals surface area (Å²) in [7, 11) is 0. The second-order valence-corrected chi connectivity index (χ2v) is 5.27. The lowest BCUT2D eigenvalue weighted by atomic mass is 10.1. The lowest BCUT2D eigenvalue weighted by Crippen LogP contribution is -2.26. The van der Waals surface area contributed by atoms with Gasteiger partial charge in [-0.05, 0) is 25.5 Å². The number of nitrogens with zero attached hydrogens (tertiary/aromatic N) is 2. The van der Waals surface area contributed by atoms with Gasteiger partial charge in [-0.1, -0.05) is 0 Å². The zero-order valence-electron chi connectivity index (χ0n) is 13.9. The molecule has 0 aliphatic carbocycles. The molecule has 0 fully saturated rings. The normalized spacial score (nSPS) is 14.4. The lowest BCUT2D eigenvalue weighted by Gasteiger charge is -2.19. The van der Waals surface area contributed by atoms with E-state index in [2.05, 4.69) is 16.5 Å². The zero-order valence-corrected chi connectivity index (χ0v) is 13.9. The number of hydrogen-bond acceptors (Lipinski definition) is 7. The maximum Gasteiger partial charge on any atom is 0.328 e. The van der Waals surface area contributed by atoms with E-state index in [1.54, 1.807) is 0 Å². The van der Waals surface area contributed by atoms with Gasteiger partial charge >= 0.3 is 11.9 Å². The highest BCUT2D eigenvalue weighted by atomic mass is 16.7. The third kappa shape index (κ3) is 4.87.